The summed E-state index contributed by atoms with van der Waals surface area (Å²) in [4.78, 5) is 22.5. The molecule has 0 fully saturated rings. The summed E-state index contributed by atoms with van der Waals surface area (Å²) < 4.78 is 0. The van der Waals surface area contributed by atoms with Gasteiger partial charge in [0.15, 0.2) is 0 Å². The van der Waals surface area contributed by atoms with Crippen LogP contribution >= 0.6 is 0 Å². The number of hydrogen-bond donors (Lipinski definition) is 3. The van der Waals surface area contributed by atoms with Crippen LogP contribution in [-0.4, -0.2) is 27.5 Å². The summed E-state index contributed by atoms with van der Waals surface area (Å²) in [5.41, 5.74) is 5.75. The van der Waals surface area contributed by atoms with E-state index in [1.165, 1.54) is 0 Å². The van der Waals surface area contributed by atoms with Crippen molar-refractivity contribution in [3.05, 3.63) is 132 Å². The number of benzene rings is 4. The van der Waals surface area contributed by atoms with E-state index in [4.69, 9.17) is 0 Å². The molecule has 1 amide bonds. The van der Waals surface area contributed by atoms with E-state index in [0.29, 0.717) is 23.5 Å². The van der Waals surface area contributed by atoms with Crippen LogP contribution in [0.1, 0.15) is 21.6 Å². The number of carbonyl (C=O) groups is 1. The molecule has 0 bridgehead atoms. The number of nitrogens with zero attached hydrogens (tertiary/aromatic N) is 2. The van der Waals surface area contributed by atoms with Gasteiger partial charge in [-0.25, -0.2) is 4.98 Å². The number of nitrogens with one attached hydrogen (secondary N) is 2. The molecular weight excluding hydrogens is 460 g/mol. The lowest BCUT2D eigenvalue weighted by molar-refractivity contribution is 0.0998. The smallest absolute Gasteiger partial charge is 0.262 e. The lowest BCUT2D eigenvalue weighted by Crippen LogP contribution is -2.26. The zero-order chi connectivity index (χ0) is 25.5. The van der Waals surface area contributed by atoms with Crippen molar-refractivity contribution < 1.29 is 9.90 Å². The number of anilines is 2. The fourth-order valence-electron chi connectivity index (χ4n) is 4.23. The molecule has 0 aliphatic rings. The molecule has 6 heteroatoms. The Balaban J connectivity index is 1.38. The van der Waals surface area contributed by atoms with Crippen molar-refractivity contribution >= 4 is 17.3 Å². The molecule has 0 unspecified atom stereocenters. The number of amides is 1. The Morgan fingerprint density at radius 2 is 1.59 bits per heavy atom. The van der Waals surface area contributed by atoms with E-state index in [1.807, 2.05) is 103 Å². The second kappa shape index (κ2) is 11.4. The number of aromatic amines is 1. The van der Waals surface area contributed by atoms with Crippen molar-refractivity contribution in [2.24, 2.45) is 0 Å². The van der Waals surface area contributed by atoms with E-state index < -0.39 is 0 Å². The first kappa shape index (κ1) is 24.0. The molecule has 37 heavy (non-hydrogen) atoms. The fraction of sp³-hybridized carbons (Fsp3) is 0.0968. The van der Waals surface area contributed by atoms with Crippen molar-refractivity contribution in [2.45, 2.75) is 13.0 Å². The lowest BCUT2D eigenvalue weighted by Gasteiger charge is -2.25. The van der Waals surface area contributed by atoms with Gasteiger partial charge in [0.2, 0.25) is 0 Å². The molecule has 0 radical (unpaired) electrons. The Morgan fingerprint density at radius 1 is 0.865 bits per heavy atom. The fourth-order valence-corrected chi connectivity index (χ4v) is 4.23. The number of rotatable bonds is 9. The maximum absolute atomic E-state index is 13.8. The summed E-state index contributed by atoms with van der Waals surface area (Å²) in [6, 6.07) is 32.2. The molecule has 1 heterocycles. The van der Waals surface area contributed by atoms with Gasteiger partial charge >= 0.3 is 0 Å². The molecule has 0 aliphatic heterocycles. The van der Waals surface area contributed by atoms with Gasteiger partial charge in [-0.2, -0.15) is 0 Å². The normalized spacial score (nSPS) is 10.8. The van der Waals surface area contributed by atoms with Crippen LogP contribution in [0.25, 0.3) is 11.1 Å². The number of aromatic nitrogens is 2. The van der Waals surface area contributed by atoms with Crippen molar-refractivity contribution in [1.29, 1.82) is 0 Å². The van der Waals surface area contributed by atoms with E-state index in [0.717, 1.165) is 35.3 Å². The highest BCUT2D eigenvalue weighted by atomic mass is 16.3. The Hall–Kier alpha value is -4.68. The number of para-hydroxylation sites is 1. The number of phenolic OH excluding ortho intramolecular Hbond substituents is 1. The largest absolute Gasteiger partial charge is 0.506 e. The summed E-state index contributed by atoms with van der Waals surface area (Å²) in [5.74, 6) is -0.180. The summed E-state index contributed by atoms with van der Waals surface area (Å²) in [7, 11) is 0. The SMILES string of the molecule is O=C(c1ccc(CNCCc2cnc[nH]2)cc1)N(c1ccccc1)c1cc(-c2ccccc2)ccc1O. The monoisotopic (exact) mass is 488 g/mol. The molecule has 0 saturated heterocycles. The van der Waals surface area contributed by atoms with Crippen LogP contribution in [-0.2, 0) is 13.0 Å². The third kappa shape index (κ3) is 5.77. The molecule has 1 aromatic heterocycles. The van der Waals surface area contributed by atoms with Crippen LogP contribution in [0.4, 0.5) is 11.4 Å². The first-order valence-electron chi connectivity index (χ1n) is 12.2. The number of aromatic hydroxyl groups is 1. The van der Waals surface area contributed by atoms with Crippen molar-refractivity contribution in [1.82, 2.24) is 15.3 Å². The van der Waals surface area contributed by atoms with Gasteiger partial charge < -0.3 is 15.4 Å². The Bertz CT molecular complexity index is 1430. The molecule has 0 spiro atoms. The molecule has 184 valence electrons. The van der Waals surface area contributed by atoms with Gasteiger partial charge in [-0.1, -0.05) is 66.7 Å². The molecule has 6 nitrogen and oxygen atoms in total. The minimum Gasteiger partial charge on any atom is -0.506 e. The molecule has 0 atom stereocenters. The van der Waals surface area contributed by atoms with Crippen molar-refractivity contribution in [3.8, 4) is 16.9 Å². The quantitative estimate of drug-likeness (QED) is 0.219. The average Bonchev–Trinajstić information content (AvgIpc) is 3.47. The highest BCUT2D eigenvalue weighted by Gasteiger charge is 2.23. The second-order valence-corrected chi connectivity index (χ2v) is 8.75. The first-order valence-corrected chi connectivity index (χ1v) is 12.2. The van der Waals surface area contributed by atoms with Crippen molar-refractivity contribution in [2.75, 3.05) is 11.4 Å². The first-order chi connectivity index (χ1) is 18.2. The van der Waals surface area contributed by atoms with Gasteiger partial charge in [0.25, 0.3) is 5.91 Å². The number of phenols is 1. The van der Waals surface area contributed by atoms with Crippen LogP contribution in [0.3, 0.4) is 0 Å². The third-order valence-corrected chi connectivity index (χ3v) is 6.20. The Labute approximate surface area is 216 Å². The van der Waals surface area contributed by atoms with Gasteiger partial charge in [0, 0.05) is 42.7 Å². The van der Waals surface area contributed by atoms with Crippen LogP contribution < -0.4 is 10.2 Å². The highest BCUT2D eigenvalue weighted by molar-refractivity contribution is 6.12. The maximum atomic E-state index is 13.8. The molecule has 0 saturated carbocycles. The molecule has 4 aromatic carbocycles. The van der Waals surface area contributed by atoms with Crippen LogP contribution in [0.5, 0.6) is 5.75 Å². The predicted octanol–water partition coefficient (Wildman–Crippen LogP) is 6.09. The lowest BCUT2D eigenvalue weighted by atomic mass is 10.0. The minimum atomic E-state index is -0.217. The van der Waals surface area contributed by atoms with Gasteiger partial charge in [-0.15, -0.1) is 0 Å². The predicted molar refractivity (Wildman–Crippen MR) is 147 cm³/mol. The molecular formula is C31H28N4O2. The van der Waals surface area contributed by atoms with Crippen molar-refractivity contribution in [3.63, 3.8) is 0 Å². The standard InChI is InChI=1S/C31H28N4O2/c36-30-16-15-26(24-7-3-1-4-8-24)19-29(30)35(28-9-5-2-6-10-28)31(37)25-13-11-23(12-14-25)20-32-18-17-27-21-33-22-34-27/h1-16,19,21-22,32,36H,17-18,20H2,(H,33,34). The number of hydrogen-bond acceptors (Lipinski definition) is 4. The molecule has 5 rings (SSSR count). The second-order valence-electron chi connectivity index (χ2n) is 8.75. The summed E-state index contributed by atoms with van der Waals surface area (Å²) in [5, 5.41) is 14.3. The van der Waals surface area contributed by atoms with E-state index in [1.54, 1.807) is 17.3 Å². The summed E-state index contributed by atoms with van der Waals surface area (Å²) >= 11 is 0. The third-order valence-electron chi connectivity index (χ3n) is 6.20. The topological polar surface area (TPSA) is 81.2 Å². The van der Waals surface area contributed by atoms with Crippen LogP contribution in [0.15, 0.2) is 116 Å². The zero-order valence-corrected chi connectivity index (χ0v) is 20.3. The van der Waals surface area contributed by atoms with Crippen LogP contribution in [0, 0.1) is 0 Å². The average molecular weight is 489 g/mol. The number of carbonyl (C=O) groups excluding carboxylic acids is 1. The van der Waals surface area contributed by atoms with E-state index in [2.05, 4.69) is 15.3 Å². The molecule has 3 N–H and O–H groups in total. The number of imidazole rings is 1. The molecule has 5 aromatic rings. The van der Waals surface area contributed by atoms with Gasteiger partial charge in [0.05, 0.1) is 12.0 Å². The Kier molecular flexibility index (Phi) is 7.39. The Morgan fingerprint density at radius 3 is 2.30 bits per heavy atom. The van der Waals surface area contributed by atoms with Crippen LogP contribution in [0.2, 0.25) is 0 Å². The summed E-state index contributed by atoms with van der Waals surface area (Å²) in [6.07, 6.45) is 4.38. The zero-order valence-electron chi connectivity index (χ0n) is 20.3. The van der Waals surface area contributed by atoms with Gasteiger partial charge in [-0.3, -0.25) is 9.69 Å². The maximum Gasteiger partial charge on any atom is 0.262 e. The van der Waals surface area contributed by atoms with E-state index in [-0.39, 0.29) is 11.7 Å². The van der Waals surface area contributed by atoms with Gasteiger partial charge in [-0.05, 0) is 53.1 Å². The van der Waals surface area contributed by atoms with Gasteiger partial charge in [0.1, 0.15) is 5.75 Å². The highest BCUT2D eigenvalue weighted by Crippen LogP contribution is 2.37. The molecule has 0 aliphatic carbocycles. The number of H-pyrrole nitrogens is 1. The van der Waals surface area contributed by atoms with E-state index >= 15 is 0 Å². The summed E-state index contributed by atoms with van der Waals surface area (Å²) in [6.45, 7) is 1.52. The minimum absolute atomic E-state index is 0.0370. The van der Waals surface area contributed by atoms with E-state index in [9.17, 15) is 9.90 Å².